The van der Waals surface area contributed by atoms with E-state index in [9.17, 15) is 9.59 Å². The van der Waals surface area contributed by atoms with Crippen molar-refractivity contribution in [3.63, 3.8) is 0 Å². The minimum absolute atomic E-state index is 0.300. The normalized spacial score (nSPS) is 10.1. The molecule has 0 aromatic heterocycles. The maximum absolute atomic E-state index is 11.3. The molecule has 0 atom stereocenters. The maximum atomic E-state index is 11.3. The Kier molecular flexibility index (Phi) is 5.00. The van der Waals surface area contributed by atoms with Crippen LogP contribution in [0.3, 0.4) is 0 Å². The lowest BCUT2D eigenvalue weighted by Crippen LogP contribution is -2.00. The van der Waals surface area contributed by atoms with Crippen molar-refractivity contribution >= 4 is 23.7 Å². The summed E-state index contributed by atoms with van der Waals surface area (Å²) in [5.74, 6) is -0.671. The molecule has 0 amide bonds. The van der Waals surface area contributed by atoms with Gasteiger partial charge in [0.25, 0.3) is 0 Å². The molecule has 0 spiro atoms. The third-order valence-electron chi connectivity index (χ3n) is 2.89. The van der Waals surface area contributed by atoms with E-state index in [-0.39, 0.29) is 5.97 Å². The van der Waals surface area contributed by atoms with Crippen LogP contribution in [0.15, 0.2) is 53.4 Å². The smallest absolute Gasteiger partial charge is 0.337 e. The van der Waals surface area contributed by atoms with E-state index in [1.165, 1.54) is 18.9 Å². The van der Waals surface area contributed by atoms with E-state index in [0.29, 0.717) is 16.9 Å². The number of carboxylic acid groups (broad SMARTS) is 1. The number of carbonyl (C=O) groups excluding carboxylic acids is 1. The molecule has 0 heterocycles. The van der Waals surface area contributed by atoms with Crippen molar-refractivity contribution in [2.75, 3.05) is 7.11 Å². The summed E-state index contributed by atoms with van der Waals surface area (Å²) in [6, 6.07) is 14.0. The number of aromatic carboxylic acids is 1. The second kappa shape index (κ2) is 6.95. The monoisotopic (exact) mass is 302 g/mol. The predicted octanol–water partition coefficient (Wildman–Crippen LogP) is 3.46. The molecule has 0 aliphatic carbocycles. The van der Waals surface area contributed by atoms with Crippen LogP contribution in [0.25, 0.3) is 0 Å². The zero-order valence-electron chi connectivity index (χ0n) is 11.4. The number of carboxylic acids is 1. The Morgan fingerprint density at radius 1 is 1.10 bits per heavy atom. The molecule has 0 aliphatic rings. The Morgan fingerprint density at radius 2 is 1.76 bits per heavy atom. The summed E-state index contributed by atoms with van der Waals surface area (Å²) in [4.78, 5) is 23.2. The SMILES string of the molecule is COC(=O)c1ccc(CSc2ccccc2C(=O)O)cc1. The van der Waals surface area contributed by atoms with Crippen LogP contribution in [0.4, 0.5) is 0 Å². The molecule has 0 fully saturated rings. The van der Waals surface area contributed by atoms with Gasteiger partial charge in [-0.05, 0) is 29.8 Å². The number of thioether (sulfide) groups is 1. The standard InChI is InChI=1S/C16H14O4S/c1-20-16(19)12-8-6-11(7-9-12)10-21-14-5-3-2-4-13(14)15(17)18/h2-9H,10H2,1H3,(H,17,18). The Hall–Kier alpha value is -2.27. The van der Waals surface area contributed by atoms with Gasteiger partial charge in [0, 0.05) is 10.6 Å². The van der Waals surface area contributed by atoms with Gasteiger partial charge in [0.2, 0.25) is 0 Å². The summed E-state index contributed by atoms with van der Waals surface area (Å²) < 4.78 is 4.64. The molecule has 0 unspecified atom stereocenters. The molecule has 0 saturated heterocycles. The minimum atomic E-state index is -0.931. The van der Waals surface area contributed by atoms with Gasteiger partial charge in [0.05, 0.1) is 18.2 Å². The average molecular weight is 302 g/mol. The first-order valence-electron chi connectivity index (χ1n) is 6.24. The minimum Gasteiger partial charge on any atom is -0.478 e. The Morgan fingerprint density at radius 3 is 2.38 bits per heavy atom. The summed E-state index contributed by atoms with van der Waals surface area (Å²) in [7, 11) is 1.34. The van der Waals surface area contributed by atoms with Gasteiger partial charge < -0.3 is 9.84 Å². The molecule has 0 saturated carbocycles. The van der Waals surface area contributed by atoms with Gasteiger partial charge in [-0.3, -0.25) is 0 Å². The van der Waals surface area contributed by atoms with E-state index < -0.39 is 5.97 Å². The van der Waals surface area contributed by atoms with E-state index in [2.05, 4.69) is 4.74 Å². The first kappa shape index (κ1) is 15.1. The summed E-state index contributed by atoms with van der Waals surface area (Å²) in [6.07, 6.45) is 0. The van der Waals surface area contributed by atoms with Crippen LogP contribution < -0.4 is 0 Å². The number of rotatable bonds is 5. The fraction of sp³-hybridized carbons (Fsp3) is 0.125. The Labute approximate surface area is 126 Å². The topological polar surface area (TPSA) is 63.6 Å². The maximum Gasteiger partial charge on any atom is 0.337 e. The lowest BCUT2D eigenvalue weighted by atomic mass is 10.1. The quantitative estimate of drug-likeness (QED) is 0.677. The molecule has 108 valence electrons. The third kappa shape index (κ3) is 3.86. The van der Waals surface area contributed by atoms with Gasteiger partial charge in [0.15, 0.2) is 0 Å². The van der Waals surface area contributed by atoms with Crippen LogP contribution in [0.2, 0.25) is 0 Å². The predicted molar refractivity (Wildman–Crippen MR) is 80.7 cm³/mol. The van der Waals surface area contributed by atoms with Gasteiger partial charge in [-0.15, -0.1) is 11.8 Å². The third-order valence-corrected chi connectivity index (χ3v) is 4.03. The first-order valence-corrected chi connectivity index (χ1v) is 7.22. The van der Waals surface area contributed by atoms with Crippen LogP contribution in [-0.4, -0.2) is 24.2 Å². The molecule has 2 rings (SSSR count). The molecule has 2 aromatic carbocycles. The summed E-state index contributed by atoms with van der Waals surface area (Å²) in [5, 5.41) is 9.12. The van der Waals surface area contributed by atoms with Crippen molar-refractivity contribution in [3.8, 4) is 0 Å². The number of carbonyl (C=O) groups is 2. The number of methoxy groups -OCH3 is 1. The van der Waals surface area contributed by atoms with E-state index in [4.69, 9.17) is 5.11 Å². The van der Waals surface area contributed by atoms with Crippen molar-refractivity contribution in [1.82, 2.24) is 0 Å². The van der Waals surface area contributed by atoms with Crippen molar-refractivity contribution in [2.45, 2.75) is 10.6 Å². The highest BCUT2D eigenvalue weighted by Crippen LogP contribution is 2.26. The lowest BCUT2D eigenvalue weighted by Gasteiger charge is -2.06. The highest BCUT2D eigenvalue weighted by molar-refractivity contribution is 7.98. The van der Waals surface area contributed by atoms with Crippen LogP contribution in [-0.2, 0) is 10.5 Å². The number of benzene rings is 2. The molecule has 21 heavy (non-hydrogen) atoms. The largest absolute Gasteiger partial charge is 0.478 e. The second-order valence-corrected chi connectivity index (χ2v) is 5.30. The Balaban J connectivity index is 2.07. The highest BCUT2D eigenvalue weighted by atomic mass is 32.2. The zero-order valence-corrected chi connectivity index (χ0v) is 12.2. The van der Waals surface area contributed by atoms with Gasteiger partial charge >= 0.3 is 11.9 Å². The fourth-order valence-electron chi connectivity index (χ4n) is 1.79. The molecular weight excluding hydrogens is 288 g/mol. The van der Waals surface area contributed by atoms with Crippen LogP contribution in [0.1, 0.15) is 26.3 Å². The molecule has 0 aliphatic heterocycles. The average Bonchev–Trinajstić information content (AvgIpc) is 2.52. The lowest BCUT2D eigenvalue weighted by molar-refractivity contribution is 0.0599. The summed E-state index contributed by atoms with van der Waals surface area (Å²) >= 11 is 1.45. The van der Waals surface area contributed by atoms with Crippen LogP contribution in [0, 0.1) is 0 Å². The zero-order chi connectivity index (χ0) is 15.2. The molecule has 5 heteroatoms. The fourth-order valence-corrected chi connectivity index (χ4v) is 2.79. The molecule has 1 N–H and O–H groups in total. The second-order valence-electron chi connectivity index (χ2n) is 4.28. The number of hydrogen-bond acceptors (Lipinski definition) is 4. The van der Waals surface area contributed by atoms with Gasteiger partial charge in [-0.25, -0.2) is 9.59 Å². The van der Waals surface area contributed by atoms with Gasteiger partial charge in [-0.2, -0.15) is 0 Å². The van der Waals surface area contributed by atoms with E-state index in [1.54, 1.807) is 30.3 Å². The number of ether oxygens (including phenoxy) is 1. The Bertz CT molecular complexity index is 650. The van der Waals surface area contributed by atoms with Gasteiger partial charge in [0.1, 0.15) is 0 Å². The highest BCUT2D eigenvalue weighted by Gasteiger charge is 2.10. The molecule has 4 nitrogen and oxygen atoms in total. The van der Waals surface area contributed by atoms with Crippen LogP contribution >= 0.6 is 11.8 Å². The van der Waals surface area contributed by atoms with Crippen molar-refractivity contribution in [3.05, 3.63) is 65.2 Å². The van der Waals surface area contributed by atoms with E-state index >= 15 is 0 Å². The summed E-state index contributed by atoms with van der Waals surface area (Å²) in [6.45, 7) is 0. The first-order chi connectivity index (χ1) is 10.1. The molecule has 0 radical (unpaired) electrons. The molecule has 2 aromatic rings. The van der Waals surface area contributed by atoms with E-state index in [0.717, 1.165) is 10.5 Å². The van der Waals surface area contributed by atoms with Crippen molar-refractivity contribution < 1.29 is 19.4 Å². The number of esters is 1. The molecule has 0 bridgehead atoms. The number of hydrogen-bond donors (Lipinski definition) is 1. The van der Waals surface area contributed by atoms with Crippen LogP contribution in [0.5, 0.6) is 0 Å². The van der Waals surface area contributed by atoms with Crippen molar-refractivity contribution in [2.24, 2.45) is 0 Å². The molecular formula is C16H14O4S. The van der Waals surface area contributed by atoms with E-state index in [1.807, 2.05) is 18.2 Å². The summed E-state index contributed by atoms with van der Waals surface area (Å²) in [5.41, 5.74) is 1.80. The van der Waals surface area contributed by atoms with Gasteiger partial charge in [-0.1, -0.05) is 24.3 Å². The van der Waals surface area contributed by atoms with Crippen molar-refractivity contribution in [1.29, 1.82) is 0 Å².